The van der Waals surface area contributed by atoms with Crippen LogP contribution >= 0.6 is 22.7 Å². The highest BCUT2D eigenvalue weighted by atomic mass is 32.2. The number of anilines is 6. The Hall–Kier alpha value is -14.4. The Morgan fingerprint density at radius 1 is 0.286 bits per heavy atom. The van der Waals surface area contributed by atoms with Gasteiger partial charge in [0.15, 0.2) is 29.0 Å². The predicted molar refractivity (Wildman–Crippen MR) is 625 cm³/mol. The van der Waals surface area contributed by atoms with Crippen LogP contribution in [0, 0.1) is 0 Å². The Labute approximate surface area is 868 Å². The maximum atomic E-state index is 7.58. The van der Waals surface area contributed by atoms with E-state index in [2.05, 4.69) is 479 Å². The summed E-state index contributed by atoms with van der Waals surface area (Å²) in [6.45, 7) is 52.3. The summed E-state index contributed by atoms with van der Waals surface area (Å²) in [5, 5.41) is 17.8. The molecule has 0 aliphatic carbocycles. The number of fused-ring (bicyclic) bond motifs is 29. The molecule has 18 aromatic carbocycles. The fourth-order valence-electron chi connectivity index (χ4n) is 25.4. The van der Waals surface area contributed by atoms with E-state index in [0.29, 0.717) is 17.5 Å². The number of hydrogen-bond donors (Lipinski definition) is 1. The van der Waals surface area contributed by atoms with Gasteiger partial charge in [0.05, 0.1) is 67.2 Å². The summed E-state index contributed by atoms with van der Waals surface area (Å²) in [6, 6.07) is 118. The minimum absolute atomic E-state index is 0.116. The molecule has 0 N–H and O–H groups in total. The summed E-state index contributed by atoms with van der Waals surface area (Å²) >= 11 is 1.96. The summed E-state index contributed by atoms with van der Waals surface area (Å²) in [5.41, 5.74) is 33.4. The lowest BCUT2D eigenvalue weighted by molar-refractivity contribution is 0.375. The number of rotatable bonds is 9. The van der Waals surface area contributed by atoms with Crippen molar-refractivity contribution in [3.63, 3.8) is 0 Å². The Morgan fingerprint density at radius 3 is 1.35 bits per heavy atom. The molecular formula is C135H121BN8OS2. The minimum atomic E-state index is -1.26. The van der Waals surface area contributed by atoms with E-state index in [4.69, 9.17) is 19.7 Å². The van der Waals surface area contributed by atoms with Crippen LogP contribution in [0.1, 0.15) is 210 Å². The molecule has 6 aliphatic heterocycles. The van der Waals surface area contributed by atoms with Gasteiger partial charge in [0.2, 0.25) is 0 Å². The molecule has 722 valence electrons. The number of thiol groups is 1. The third kappa shape index (κ3) is 13.4. The van der Waals surface area contributed by atoms with Gasteiger partial charge >= 0.3 is 0 Å². The minimum Gasteiger partial charge on any atom is -0.453 e. The lowest BCUT2D eigenvalue weighted by Crippen LogP contribution is -2.61. The highest BCUT2D eigenvalue weighted by Crippen LogP contribution is 2.73. The number of nitrogens with zero attached hydrogens (tertiary/aromatic N) is 8. The van der Waals surface area contributed by atoms with Crippen molar-refractivity contribution in [3.05, 3.63) is 348 Å². The molecular weight excluding hydrogens is 1820 g/mol. The standard InChI is InChI=1S/C135H121BN8OS2/c1-128(2,3)82-47-53-99-95(63-82)96-64-87(50-54-100(96)140(99)90-73-107-124-108(74-90)144-104-67-84(130(7,8)9)46-52-94(104)118-116-80(44-42-76-34-30-32-40-92(76)116)62-113(123(118)144)147(124)114-72-88(133(16,17)18)69-110-122(114)141(107)101-55-48-85(131(10,11)12)68-109(101)145-110)134(19,20)57-58-135(21,22)89-65-98-120-112(71-89)146-111-70-86(132(13,14)15)49-56-102(111)142(120)105-60-81(127-138-125(77-35-25-23-26-36-77)137-126(139-127)78-37-27-24-28-38-78)61-106-119(105)136(98)97-59-79-43-41-75-33-29-31-39-91(75)115(79)117-93-51-45-83(129(4,5)6)66-103(93)143(106)121(97)117/h23-56,59-74,147H,57-58H2,1-22H3. The van der Waals surface area contributed by atoms with Crippen LogP contribution in [0.5, 0.6) is 11.5 Å². The van der Waals surface area contributed by atoms with Gasteiger partial charge in [0, 0.05) is 84.9 Å². The number of benzene rings is 18. The van der Waals surface area contributed by atoms with Gasteiger partial charge < -0.3 is 28.2 Å². The molecule has 6 aliphatic rings. The fraction of sp³-hybridized carbons (Fsp3) is 0.237. The van der Waals surface area contributed by atoms with Crippen LogP contribution in [-0.4, -0.2) is 35.4 Å². The van der Waals surface area contributed by atoms with Crippen molar-refractivity contribution in [1.82, 2.24) is 28.7 Å². The average Bonchev–Trinajstić information content (AvgIpc) is 1.58. The molecule has 147 heavy (non-hydrogen) atoms. The Bertz CT molecular complexity index is 9590. The second-order valence-electron chi connectivity index (χ2n) is 50.3. The molecule has 4 aromatic heterocycles. The molecule has 10 heterocycles. The maximum absolute atomic E-state index is 7.58. The molecule has 28 rings (SSSR count). The van der Waals surface area contributed by atoms with E-state index >= 15 is 0 Å². The van der Waals surface area contributed by atoms with Crippen molar-refractivity contribution in [3.8, 4) is 62.7 Å². The zero-order chi connectivity index (χ0) is 101. The van der Waals surface area contributed by atoms with Gasteiger partial charge in [0.25, 0.3) is 6.71 Å². The van der Waals surface area contributed by atoms with Crippen LogP contribution in [-0.2, 0) is 43.3 Å². The summed E-state index contributed by atoms with van der Waals surface area (Å²) < 4.78 is 15.7. The van der Waals surface area contributed by atoms with Crippen LogP contribution in [0.25, 0.3) is 160 Å². The van der Waals surface area contributed by atoms with Gasteiger partial charge in [-0.3, -0.25) is 0 Å². The van der Waals surface area contributed by atoms with E-state index in [9.17, 15) is 0 Å². The summed E-state index contributed by atoms with van der Waals surface area (Å²) in [6.07, 6.45) is 1.84. The van der Waals surface area contributed by atoms with Crippen LogP contribution in [0.3, 0.4) is 0 Å². The van der Waals surface area contributed by atoms with Gasteiger partial charge in [0.1, 0.15) is 5.69 Å². The zero-order valence-corrected chi connectivity index (χ0v) is 89.9. The molecule has 0 saturated carbocycles. The van der Waals surface area contributed by atoms with Crippen molar-refractivity contribution < 1.29 is 4.74 Å². The topological polar surface area (TPSA) is 69.2 Å². The van der Waals surface area contributed by atoms with Crippen LogP contribution in [0.4, 0.5) is 34.1 Å². The summed E-state index contributed by atoms with van der Waals surface area (Å²) in [4.78, 5) is 28.4. The van der Waals surface area contributed by atoms with Crippen molar-refractivity contribution in [2.24, 2.45) is 0 Å². The molecule has 22 aromatic rings. The molecule has 1 atom stereocenters. The quantitative estimate of drug-likeness (QED) is 0.0877. The molecule has 9 nitrogen and oxygen atoms in total. The molecule has 0 fully saturated rings. The predicted octanol–water partition coefficient (Wildman–Crippen LogP) is 35.4. The Morgan fingerprint density at radius 2 is 0.748 bits per heavy atom. The van der Waals surface area contributed by atoms with Gasteiger partial charge in [-0.25, -0.2) is 15.0 Å². The third-order valence-electron chi connectivity index (χ3n) is 33.8. The average molecular weight is 1950 g/mol. The van der Waals surface area contributed by atoms with E-state index in [0.717, 1.165) is 69.5 Å². The van der Waals surface area contributed by atoms with Gasteiger partial charge in [-0.1, -0.05) is 358 Å². The smallest absolute Gasteiger partial charge is 0.252 e. The molecule has 0 saturated heterocycles. The monoisotopic (exact) mass is 1940 g/mol. The molecule has 0 amide bonds. The lowest BCUT2D eigenvalue weighted by atomic mass is 9.33. The Balaban J connectivity index is 0.638. The Kier molecular flexibility index (Phi) is 18.8. The zero-order valence-electron chi connectivity index (χ0n) is 88.2. The third-order valence-corrected chi connectivity index (χ3v) is 37.4. The fourth-order valence-corrected chi connectivity index (χ4v) is 29.5. The lowest BCUT2D eigenvalue weighted by Gasteiger charge is -2.46. The number of aromatic nitrogens is 6. The first kappa shape index (κ1) is 90.1. The molecule has 1 unspecified atom stereocenters. The van der Waals surface area contributed by atoms with Crippen LogP contribution in [0.15, 0.2) is 328 Å². The van der Waals surface area contributed by atoms with E-state index in [1.807, 2.05) is 11.8 Å². The maximum Gasteiger partial charge on any atom is 0.252 e. The van der Waals surface area contributed by atoms with E-state index in [1.54, 1.807) is 0 Å². The molecule has 12 heteroatoms. The molecule has 0 bridgehead atoms. The van der Waals surface area contributed by atoms with Crippen molar-refractivity contribution in [1.29, 1.82) is 0 Å². The highest BCUT2D eigenvalue weighted by molar-refractivity contribution is 8.17. The first-order valence-corrected chi connectivity index (χ1v) is 54.9. The first-order chi connectivity index (χ1) is 70.1. The van der Waals surface area contributed by atoms with Crippen LogP contribution in [0.2, 0.25) is 0 Å². The second-order valence-corrected chi connectivity index (χ2v) is 53.5. The number of hydrogen-bond acceptors (Lipinski definition) is 7. The van der Waals surface area contributed by atoms with E-state index in [-0.39, 0.29) is 50.0 Å². The van der Waals surface area contributed by atoms with E-state index < -0.39 is 10.9 Å². The van der Waals surface area contributed by atoms with E-state index in [1.165, 1.54) is 217 Å². The van der Waals surface area contributed by atoms with Gasteiger partial charge in [-0.2, -0.15) is 10.9 Å². The number of ether oxygens (including phenoxy) is 1. The first-order valence-electron chi connectivity index (χ1n) is 52.8. The van der Waals surface area contributed by atoms with Gasteiger partial charge in [-0.15, -0.1) is 0 Å². The van der Waals surface area contributed by atoms with Gasteiger partial charge in [-0.05, 0) is 269 Å². The highest BCUT2D eigenvalue weighted by Gasteiger charge is 2.50. The normalized spacial score (nSPS) is 15.0. The van der Waals surface area contributed by atoms with Crippen LogP contribution < -0.4 is 30.9 Å². The SMILES string of the molecule is CC(C)(C)c1ccc2c(c1)Oc1cc(C(C)(C)C)cc3c1N2c1cc(-n2c4ccc(C(C)(C)C)cc4c4cc(C(C)(C)CCC(C)(C)c5cc6c7c(c5)B5c8c(cc(-c9nc(-c%10ccccc%10)nc(-c%10ccccc%10)n9)cc8-n8c9cc(C(C)(C)C)ccc9c9c%10c(ccc%11ccccc%11%10)cc5c98)N7c5ccc(C(C)(C)C)cc5S6)ccc42)cc2c1[SH]3c1cc3ccc4ccccc4c3c3c4ccc(C(C)(C)C)cc4n-2c13. The largest absolute Gasteiger partial charge is 0.453 e. The second kappa shape index (κ2) is 30.6. The van der Waals surface area contributed by atoms with Crippen molar-refractivity contribution in [2.75, 3.05) is 9.80 Å². The van der Waals surface area contributed by atoms with Crippen molar-refractivity contribution in [2.45, 2.75) is 233 Å². The molecule has 0 radical (unpaired) electrons. The summed E-state index contributed by atoms with van der Waals surface area (Å²) in [5.74, 6) is 3.67. The molecule has 0 spiro atoms. The van der Waals surface area contributed by atoms with Crippen molar-refractivity contribution >= 4 is 188 Å². The summed E-state index contributed by atoms with van der Waals surface area (Å²) in [7, 11) is -1.26.